The lowest BCUT2D eigenvalue weighted by Gasteiger charge is -2.22. The van der Waals surface area contributed by atoms with E-state index in [2.05, 4.69) is 15.6 Å². The highest BCUT2D eigenvalue weighted by Gasteiger charge is 2.37. The lowest BCUT2D eigenvalue weighted by Crippen LogP contribution is -2.35. The smallest absolute Gasteiger partial charge is 0.324 e. The molecule has 4 rings (SSSR count). The van der Waals surface area contributed by atoms with Crippen molar-refractivity contribution in [3.05, 3.63) is 36.0 Å². The first-order valence-electron chi connectivity index (χ1n) is 10.6. The Morgan fingerprint density at radius 2 is 2.00 bits per heavy atom. The molecule has 0 aliphatic carbocycles. The lowest BCUT2D eigenvalue weighted by molar-refractivity contribution is -0.127. The molecule has 2 saturated heterocycles. The molecule has 2 aliphatic heterocycles. The fraction of sp³-hybridized carbons (Fsp3) is 0.500. The zero-order valence-corrected chi connectivity index (χ0v) is 17.0. The number of H-pyrrole nitrogens is 1. The van der Waals surface area contributed by atoms with Gasteiger partial charge in [0.2, 0.25) is 5.91 Å². The fourth-order valence-electron chi connectivity index (χ4n) is 4.13. The van der Waals surface area contributed by atoms with Crippen molar-refractivity contribution in [2.75, 3.05) is 26.3 Å². The first-order chi connectivity index (χ1) is 14.6. The molecule has 2 fully saturated rings. The molecule has 1 atom stereocenters. The highest BCUT2D eigenvalue weighted by molar-refractivity contribution is 6.04. The van der Waals surface area contributed by atoms with E-state index in [9.17, 15) is 14.4 Å². The molecule has 0 bridgehead atoms. The van der Waals surface area contributed by atoms with Crippen molar-refractivity contribution >= 4 is 28.7 Å². The number of hydrogen-bond donors (Lipinski definition) is 3. The first kappa shape index (κ1) is 20.4. The van der Waals surface area contributed by atoms with Gasteiger partial charge in [-0.1, -0.05) is 18.2 Å². The molecule has 0 unspecified atom stereocenters. The van der Waals surface area contributed by atoms with E-state index in [1.807, 2.05) is 30.5 Å². The largest absolute Gasteiger partial charge is 0.381 e. The number of nitrogens with one attached hydrogen (secondary N) is 3. The minimum atomic E-state index is -0.630. The molecular weight excluding hydrogens is 384 g/mol. The number of carbonyl (C=O) groups excluding carboxylic acids is 3. The van der Waals surface area contributed by atoms with Gasteiger partial charge in [0.1, 0.15) is 6.04 Å². The average molecular weight is 412 g/mol. The van der Waals surface area contributed by atoms with Gasteiger partial charge in [0.05, 0.1) is 0 Å². The van der Waals surface area contributed by atoms with Crippen LogP contribution < -0.4 is 10.6 Å². The highest BCUT2D eigenvalue weighted by atomic mass is 16.5. The van der Waals surface area contributed by atoms with E-state index in [1.165, 1.54) is 4.90 Å². The van der Waals surface area contributed by atoms with Crippen LogP contribution in [0.1, 0.15) is 31.2 Å². The van der Waals surface area contributed by atoms with Crippen molar-refractivity contribution in [3.8, 4) is 0 Å². The molecule has 1 aromatic carbocycles. The Labute approximate surface area is 175 Å². The third-order valence-electron chi connectivity index (χ3n) is 5.98. The standard InChI is InChI=1S/C22H28N4O4/c27-20(24-13-15-8-11-30-12-9-15)6-5-19-21(28)26(22(29)25-19)10-7-16-14-23-18-4-2-1-3-17(16)18/h1-4,14-15,19,23H,5-13H2,(H,24,27)(H,25,29)/t19-/m1/s1. The minimum absolute atomic E-state index is 0.0826. The molecule has 160 valence electrons. The van der Waals surface area contributed by atoms with Crippen LogP contribution in [0.4, 0.5) is 4.79 Å². The molecule has 8 nitrogen and oxygen atoms in total. The third-order valence-corrected chi connectivity index (χ3v) is 5.98. The maximum absolute atomic E-state index is 12.6. The molecule has 8 heteroatoms. The summed E-state index contributed by atoms with van der Waals surface area (Å²) in [4.78, 5) is 41.5. The fourth-order valence-corrected chi connectivity index (χ4v) is 4.13. The number of hydrogen-bond acceptors (Lipinski definition) is 4. The van der Waals surface area contributed by atoms with Crippen LogP contribution in [0.25, 0.3) is 10.9 Å². The number of aromatic nitrogens is 1. The van der Waals surface area contributed by atoms with Gasteiger partial charge >= 0.3 is 6.03 Å². The number of aromatic amines is 1. The number of fused-ring (bicyclic) bond motifs is 1. The van der Waals surface area contributed by atoms with Gasteiger partial charge in [0.15, 0.2) is 0 Å². The van der Waals surface area contributed by atoms with Crippen molar-refractivity contribution in [2.24, 2.45) is 5.92 Å². The van der Waals surface area contributed by atoms with E-state index in [0.29, 0.717) is 31.8 Å². The average Bonchev–Trinajstić information content (AvgIpc) is 3.30. The number of rotatable bonds is 8. The van der Waals surface area contributed by atoms with E-state index in [-0.39, 0.29) is 24.3 Å². The van der Waals surface area contributed by atoms with Gasteiger partial charge in [0.25, 0.3) is 5.91 Å². The summed E-state index contributed by atoms with van der Waals surface area (Å²) in [6, 6.07) is 6.94. The maximum Gasteiger partial charge on any atom is 0.324 e. The van der Waals surface area contributed by atoms with Crippen molar-refractivity contribution in [1.29, 1.82) is 0 Å². The van der Waals surface area contributed by atoms with Gasteiger partial charge in [-0.3, -0.25) is 14.5 Å². The Morgan fingerprint density at radius 3 is 2.83 bits per heavy atom. The summed E-state index contributed by atoms with van der Waals surface area (Å²) in [5.74, 6) is 0.119. The van der Waals surface area contributed by atoms with Crippen molar-refractivity contribution in [1.82, 2.24) is 20.5 Å². The molecular formula is C22H28N4O4. The van der Waals surface area contributed by atoms with E-state index in [1.54, 1.807) is 0 Å². The first-order valence-corrected chi connectivity index (χ1v) is 10.6. The molecule has 0 radical (unpaired) electrons. The lowest BCUT2D eigenvalue weighted by atomic mass is 10.0. The Morgan fingerprint density at radius 1 is 1.20 bits per heavy atom. The summed E-state index contributed by atoms with van der Waals surface area (Å²) in [6.07, 6.45) is 4.96. The topological polar surface area (TPSA) is 104 Å². The second-order valence-corrected chi connectivity index (χ2v) is 8.00. The van der Waals surface area contributed by atoms with E-state index < -0.39 is 6.04 Å². The Hall–Kier alpha value is -2.87. The Balaban J connectivity index is 1.23. The zero-order valence-electron chi connectivity index (χ0n) is 17.0. The summed E-state index contributed by atoms with van der Waals surface area (Å²) in [5.41, 5.74) is 2.11. The SMILES string of the molecule is O=C(CC[C@H]1NC(=O)N(CCc2c[nH]c3ccccc23)C1=O)NCC1CCOCC1. The number of para-hydroxylation sites is 1. The Kier molecular flexibility index (Phi) is 6.32. The van der Waals surface area contributed by atoms with Gasteiger partial charge in [-0.05, 0) is 43.2 Å². The number of carbonyl (C=O) groups is 3. The van der Waals surface area contributed by atoms with Gasteiger partial charge < -0.3 is 20.4 Å². The summed E-state index contributed by atoms with van der Waals surface area (Å²) < 4.78 is 5.32. The van der Waals surface area contributed by atoms with Gasteiger partial charge in [0, 0.05) is 49.8 Å². The number of amides is 4. The predicted octanol–water partition coefficient (Wildman–Crippen LogP) is 1.95. The second kappa shape index (κ2) is 9.30. The Bertz CT molecular complexity index is 919. The molecule has 30 heavy (non-hydrogen) atoms. The van der Waals surface area contributed by atoms with Crippen molar-refractivity contribution in [3.63, 3.8) is 0 Å². The maximum atomic E-state index is 12.6. The summed E-state index contributed by atoms with van der Waals surface area (Å²) in [5, 5.41) is 6.75. The monoisotopic (exact) mass is 412 g/mol. The summed E-state index contributed by atoms with van der Waals surface area (Å²) in [7, 11) is 0. The van der Waals surface area contributed by atoms with Crippen LogP contribution in [0.3, 0.4) is 0 Å². The van der Waals surface area contributed by atoms with Crippen LogP contribution in [0.5, 0.6) is 0 Å². The van der Waals surface area contributed by atoms with Gasteiger partial charge in [-0.15, -0.1) is 0 Å². The number of ether oxygens (including phenoxy) is 1. The second-order valence-electron chi connectivity index (χ2n) is 8.00. The van der Waals surface area contributed by atoms with Crippen LogP contribution in [0, 0.1) is 5.92 Å². The number of benzene rings is 1. The van der Waals surface area contributed by atoms with Crippen molar-refractivity contribution < 1.29 is 19.1 Å². The molecule has 0 spiro atoms. The summed E-state index contributed by atoms with van der Waals surface area (Å²) in [6.45, 7) is 2.46. The zero-order chi connectivity index (χ0) is 20.9. The summed E-state index contributed by atoms with van der Waals surface area (Å²) >= 11 is 0. The molecule has 3 N–H and O–H groups in total. The molecule has 3 heterocycles. The number of nitrogens with zero attached hydrogens (tertiary/aromatic N) is 1. The van der Waals surface area contributed by atoms with Crippen LogP contribution in [-0.4, -0.2) is 60.1 Å². The predicted molar refractivity (Wildman–Crippen MR) is 112 cm³/mol. The molecule has 2 aliphatic rings. The molecule has 1 aromatic heterocycles. The van der Waals surface area contributed by atoms with Gasteiger partial charge in [-0.2, -0.15) is 0 Å². The van der Waals surface area contributed by atoms with Crippen LogP contribution >= 0.6 is 0 Å². The molecule has 0 saturated carbocycles. The normalized spacial score (nSPS) is 20.0. The van der Waals surface area contributed by atoms with Crippen molar-refractivity contribution in [2.45, 2.75) is 38.1 Å². The van der Waals surface area contributed by atoms with E-state index in [4.69, 9.17) is 4.74 Å². The van der Waals surface area contributed by atoms with E-state index >= 15 is 0 Å². The molecule has 4 amide bonds. The van der Waals surface area contributed by atoms with Crippen LogP contribution in [0.2, 0.25) is 0 Å². The van der Waals surface area contributed by atoms with Crippen LogP contribution in [-0.2, 0) is 20.7 Å². The highest BCUT2D eigenvalue weighted by Crippen LogP contribution is 2.20. The quantitative estimate of drug-likeness (QED) is 0.577. The number of imide groups is 1. The number of urea groups is 1. The van der Waals surface area contributed by atoms with E-state index in [0.717, 1.165) is 42.5 Å². The minimum Gasteiger partial charge on any atom is -0.381 e. The van der Waals surface area contributed by atoms with Gasteiger partial charge in [-0.25, -0.2) is 4.79 Å². The third kappa shape index (κ3) is 4.64. The molecule has 2 aromatic rings. The van der Waals surface area contributed by atoms with Crippen LogP contribution in [0.15, 0.2) is 30.5 Å².